The number of esters is 2. The standard InChI is InChI=1S/C23H33IO6/c1-4-5-6-7-8-12-15-23(28)16-18(24)22(27)21(23)19(30-17(2)25)13-10-9-11-14-20(26)29-3/h8,10,12-13,16,19,21,28H,4-7,9,11,14-15H2,1-3H3/b12-8-,13-10-/t19-,21-,23+/m0/s1. The summed E-state index contributed by atoms with van der Waals surface area (Å²) >= 11 is 1.92. The number of hydrogen-bond acceptors (Lipinski definition) is 6. The predicted octanol–water partition coefficient (Wildman–Crippen LogP) is 4.59. The molecule has 1 rings (SSSR count). The van der Waals surface area contributed by atoms with Crippen molar-refractivity contribution in [1.29, 1.82) is 0 Å². The van der Waals surface area contributed by atoms with Gasteiger partial charge in [0, 0.05) is 13.3 Å². The zero-order chi connectivity index (χ0) is 22.6. The van der Waals surface area contributed by atoms with Gasteiger partial charge in [-0.1, -0.05) is 38.0 Å². The Morgan fingerprint density at radius 3 is 2.57 bits per heavy atom. The number of carbonyl (C=O) groups is 3. The molecule has 0 aromatic carbocycles. The predicted molar refractivity (Wildman–Crippen MR) is 124 cm³/mol. The number of ether oxygens (including phenoxy) is 2. The van der Waals surface area contributed by atoms with Crippen LogP contribution in [0.4, 0.5) is 0 Å². The van der Waals surface area contributed by atoms with Crippen molar-refractivity contribution in [3.63, 3.8) is 0 Å². The van der Waals surface area contributed by atoms with Crippen LogP contribution in [0.25, 0.3) is 0 Å². The molecule has 1 aliphatic rings. The molecule has 0 aromatic rings. The van der Waals surface area contributed by atoms with E-state index in [4.69, 9.17) is 4.74 Å². The average Bonchev–Trinajstić information content (AvgIpc) is 2.91. The summed E-state index contributed by atoms with van der Waals surface area (Å²) in [6.45, 7) is 3.43. The second kappa shape index (κ2) is 13.7. The van der Waals surface area contributed by atoms with Crippen LogP contribution in [0, 0.1) is 5.92 Å². The van der Waals surface area contributed by atoms with Crippen LogP contribution in [0.2, 0.25) is 0 Å². The van der Waals surface area contributed by atoms with Crippen LogP contribution in [0.3, 0.4) is 0 Å². The minimum Gasteiger partial charge on any atom is -0.469 e. The molecule has 168 valence electrons. The molecule has 0 amide bonds. The minimum absolute atomic E-state index is 0.233. The Balaban J connectivity index is 2.88. The number of Topliss-reactive ketones (excluding diaryl/α,β-unsaturated/α-hetero) is 1. The lowest BCUT2D eigenvalue weighted by Gasteiger charge is -2.31. The number of halogens is 1. The van der Waals surface area contributed by atoms with Crippen LogP contribution in [0.1, 0.15) is 65.2 Å². The third kappa shape index (κ3) is 8.71. The third-order valence-corrected chi connectivity index (χ3v) is 5.80. The number of allylic oxidation sites excluding steroid dienone is 3. The molecule has 1 N–H and O–H groups in total. The molecule has 0 spiro atoms. The lowest BCUT2D eigenvalue weighted by molar-refractivity contribution is -0.151. The Morgan fingerprint density at radius 2 is 1.93 bits per heavy atom. The summed E-state index contributed by atoms with van der Waals surface area (Å²) in [5.74, 6) is -1.94. The van der Waals surface area contributed by atoms with Crippen molar-refractivity contribution in [2.75, 3.05) is 7.11 Å². The number of ketones is 1. The topological polar surface area (TPSA) is 89.9 Å². The van der Waals surface area contributed by atoms with Gasteiger partial charge in [0.2, 0.25) is 0 Å². The molecule has 0 aromatic heterocycles. The van der Waals surface area contributed by atoms with Gasteiger partial charge in [0.25, 0.3) is 0 Å². The first kappa shape index (κ1) is 26.6. The molecule has 0 unspecified atom stereocenters. The Labute approximate surface area is 192 Å². The molecule has 0 saturated heterocycles. The molecule has 0 heterocycles. The molecule has 0 bridgehead atoms. The molecular formula is C23H33IO6. The van der Waals surface area contributed by atoms with Gasteiger partial charge in [0.05, 0.1) is 16.6 Å². The van der Waals surface area contributed by atoms with E-state index in [-0.39, 0.29) is 24.6 Å². The van der Waals surface area contributed by atoms with E-state index in [1.807, 2.05) is 34.7 Å². The van der Waals surface area contributed by atoms with E-state index in [0.29, 0.717) is 16.4 Å². The van der Waals surface area contributed by atoms with Crippen molar-refractivity contribution >= 4 is 40.3 Å². The monoisotopic (exact) mass is 532 g/mol. The Bertz CT molecular complexity index is 681. The van der Waals surface area contributed by atoms with Gasteiger partial charge in [-0.15, -0.1) is 0 Å². The van der Waals surface area contributed by atoms with Crippen LogP contribution in [0.15, 0.2) is 34.0 Å². The van der Waals surface area contributed by atoms with E-state index in [9.17, 15) is 19.5 Å². The lowest BCUT2D eigenvalue weighted by Crippen LogP contribution is -2.44. The van der Waals surface area contributed by atoms with E-state index < -0.39 is 23.6 Å². The fraction of sp³-hybridized carbons (Fsp3) is 0.609. The number of methoxy groups -OCH3 is 1. The van der Waals surface area contributed by atoms with Crippen molar-refractivity contribution in [1.82, 2.24) is 0 Å². The molecule has 0 aliphatic heterocycles. The summed E-state index contributed by atoms with van der Waals surface area (Å²) in [7, 11) is 1.34. The van der Waals surface area contributed by atoms with E-state index in [1.165, 1.54) is 14.0 Å². The molecule has 6 nitrogen and oxygen atoms in total. The second-order valence-corrected chi connectivity index (χ2v) is 8.63. The van der Waals surface area contributed by atoms with Crippen LogP contribution in [0.5, 0.6) is 0 Å². The number of carbonyl (C=O) groups excluding carboxylic acids is 3. The second-order valence-electron chi connectivity index (χ2n) is 7.47. The summed E-state index contributed by atoms with van der Waals surface area (Å²) in [5.41, 5.74) is -1.41. The quantitative estimate of drug-likeness (QED) is 0.162. The van der Waals surface area contributed by atoms with E-state index >= 15 is 0 Å². The minimum atomic E-state index is -1.41. The van der Waals surface area contributed by atoms with E-state index in [0.717, 1.165) is 25.7 Å². The summed E-state index contributed by atoms with van der Waals surface area (Å²) in [5, 5.41) is 11.2. The van der Waals surface area contributed by atoms with Gasteiger partial charge in [-0.05, 0) is 66.8 Å². The lowest BCUT2D eigenvalue weighted by atomic mass is 9.82. The van der Waals surface area contributed by atoms with Gasteiger partial charge < -0.3 is 14.6 Å². The number of rotatable bonds is 13. The van der Waals surface area contributed by atoms with E-state index in [1.54, 1.807) is 18.2 Å². The maximum absolute atomic E-state index is 12.8. The van der Waals surface area contributed by atoms with Gasteiger partial charge in [-0.3, -0.25) is 14.4 Å². The number of aliphatic hydroxyl groups is 1. The molecule has 0 radical (unpaired) electrons. The van der Waals surface area contributed by atoms with Gasteiger partial charge in [-0.25, -0.2) is 0 Å². The first-order chi connectivity index (χ1) is 14.2. The zero-order valence-electron chi connectivity index (χ0n) is 18.1. The first-order valence-electron chi connectivity index (χ1n) is 10.5. The first-order valence-corrected chi connectivity index (χ1v) is 11.5. The van der Waals surface area contributed by atoms with Crippen molar-refractivity contribution in [2.24, 2.45) is 5.92 Å². The van der Waals surface area contributed by atoms with Gasteiger partial charge in [-0.2, -0.15) is 0 Å². The molecule has 30 heavy (non-hydrogen) atoms. The normalized spacial score (nSPS) is 22.5. The van der Waals surface area contributed by atoms with Gasteiger partial charge >= 0.3 is 11.9 Å². The summed E-state index contributed by atoms with van der Waals surface area (Å²) < 4.78 is 10.4. The van der Waals surface area contributed by atoms with Crippen LogP contribution in [-0.2, 0) is 23.9 Å². The highest BCUT2D eigenvalue weighted by molar-refractivity contribution is 14.1. The maximum Gasteiger partial charge on any atom is 0.305 e. The largest absolute Gasteiger partial charge is 0.469 e. The molecule has 7 heteroatoms. The van der Waals surface area contributed by atoms with Crippen LogP contribution < -0.4 is 0 Å². The summed E-state index contributed by atoms with van der Waals surface area (Å²) in [4.78, 5) is 35.6. The van der Waals surface area contributed by atoms with Gasteiger partial charge in [0.1, 0.15) is 11.7 Å². The molecule has 3 atom stereocenters. The van der Waals surface area contributed by atoms with Crippen molar-refractivity contribution < 1.29 is 29.0 Å². The Morgan fingerprint density at radius 1 is 1.23 bits per heavy atom. The molecule has 0 saturated carbocycles. The third-order valence-electron chi connectivity index (χ3n) is 4.95. The van der Waals surface area contributed by atoms with Crippen molar-refractivity contribution in [3.05, 3.63) is 34.0 Å². The smallest absolute Gasteiger partial charge is 0.305 e. The highest BCUT2D eigenvalue weighted by Gasteiger charge is 2.50. The Kier molecular flexibility index (Phi) is 12.2. The fourth-order valence-electron chi connectivity index (χ4n) is 3.38. The Hall–Kier alpha value is -1.48. The van der Waals surface area contributed by atoms with Crippen LogP contribution in [-0.4, -0.2) is 41.6 Å². The molecular weight excluding hydrogens is 499 g/mol. The SMILES string of the molecule is CCCCC/C=C\C[C@@]1(O)C=C(I)C(=O)[C@@H]1[C@H](/C=C\CCCC(=O)OC)OC(C)=O. The number of unbranched alkanes of at least 4 members (excludes halogenated alkanes) is 4. The van der Waals surface area contributed by atoms with E-state index in [2.05, 4.69) is 11.7 Å². The number of hydrogen-bond donors (Lipinski definition) is 1. The zero-order valence-corrected chi connectivity index (χ0v) is 20.2. The molecule has 1 aliphatic carbocycles. The van der Waals surface area contributed by atoms with Crippen molar-refractivity contribution in [2.45, 2.75) is 76.9 Å². The van der Waals surface area contributed by atoms with Gasteiger partial charge in [0.15, 0.2) is 5.78 Å². The highest BCUT2D eigenvalue weighted by atomic mass is 127. The maximum atomic E-state index is 12.8. The molecule has 0 fully saturated rings. The highest BCUT2D eigenvalue weighted by Crippen LogP contribution is 2.40. The average molecular weight is 532 g/mol. The summed E-state index contributed by atoms with van der Waals surface area (Å²) in [6, 6.07) is 0. The van der Waals surface area contributed by atoms with Crippen molar-refractivity contribution in [3.8, 4) is 0 Å². The van der Waals surface area contributed by atoms with Crippen LogP contribution >= 0.6 is 22.6 Å². The summed E-state index contributed by atoms with van der Waals surface area (Å²) in [6.07, 6.45) is 14.0. The fourth-order valence-corrected chi connectivity index (χ4v) is 4.26.